The molecule has 0 N–H and O–H groups in total. The van der Waals surface area contributed by atoms with Crippen LogP contribution in [0.3, 0.4) is 0 Å². The molecule has 1 aromatic carbocycles. The number of amides is 1. The Morgan fingerprint density at radius 3 is 2.67 bits per heavy atom. The van der Waals surface area contributed by atoms with Crippen LogP contribution in [0, 0.1) is 5.92 Å². The molecule has 0 aliphatic carbocycles. The van der Waals surface area contributed by atoms with Gasteiger partial charge in [0.2, 0.25) is 10.0 Å². The summed E-state index contributed by atoms with van der Waals surface area (Å²) < 4.78 is 26.4. The third-order valence-corrected chi connectivity index (χ3v) is 9.07. The lowest BCUT2D eigenvalue weighted by molar-refractivity contribution is 0.0403. The zero-order valence-corrected chi connectivity index (χ0v) is 19.3. The predicted octanol–water partition coefficient (Wildman–Crippen LogP) is 3.61. The van der Waals surface area contributed by atoms with Crippen LogP contribution in [-0.2, 0) is 10.0 Å². The van der Waals surface area contributed by atoms with Crippen molar-refractivity contribution in [2.45, 2.75) is 51.0 Å². The summed E-state index contributed by atoms with van der Waals surface area (Å²) in [5.41, 5.74) is 0.917. The van der Waals surface area contributed by atoms with Gasteiger partial charge in [0.25, 0.3) is 5.91 Å². The molecule has 166 valence electrons. The second-order valence-corrected chi connectivity index (χ2v) is 11.4. The van der Waals surface area contributed by atoms with E-state index < -0.39 is 10.0 Å². The molecule has 8 heteroatoms. The highest BCUT2D eigenvalue weighted by Crippen LogP contribution is 2.33. The fraction of sp³-hybridized carbons (Fsp3) is 0.682. The molecular weight excluding hydrogens is 422 g/mol. The van der Waals surface area contributed by atoms with Crippen LogP contribution in [-0.4, -0.2) is 69.1 Å². The molecule has 1 amide bonds. The van der Waals surface area contributed by atoms with Crippen molar-refractivity contribution in [1.82, 2.24) is 9.80 Å². The number of fused-ring (bicyclic) bond motifs is 1. The van der Waals surface area contributed by atoms with Gasteiger partial charge in [0.15, 0.2) is 0 Å². The lowest BCUT2D eigenvalue weighted by Gasteiger charge is -2.45. The minimum Gasteiger partial charge on any atom is -0.341 e. The van der Waals surface area contributed by atoms with Crippen molar-refractivity contribution in [3.05, 3.63) is 28.8 Å². The molecule has 0 saturated carbocycles. The second-order valence-electron chi connectivity index (χ2n) is 8.95. The van der Waals surface area contributed by atoms with Crippen molar-refractivity contribution in [3.8, 4) is 0 Å². The van der Waals surface area contributed by atoms with E-state index in [9.17, 15) is 13.2 Å². The van der Waals surface area contributed by atoms with Crippen molar-refractivity contribution in [1.29, 1.82) is 0 Å². The molecular formula is C22H32ClN3O3S. The van der Waals surface area contributed by atoms with Crippen molar-refractivity contribution in [2.24, 2.45) is 5.92 Å². The Morgan fingerprint density at radius 1 is 1.10 bits per heavy atom. The number of hydrogen-bond donors (Lipinski definition) is 0. The van der Waals surface area contributed by atoms with Gasteiger partial charge < -0.3 is 9.80 Å². The Hall–Kier alpha value is -1.31. The SMILES string of the molecule is CN(C[C@H]1CCCN2CCCC[C@@H]12)C(=O)c1ccc(Cl)c(N2CCCCS2(=O)=O)c1. The first-order chi connectivity index (χ1) is 14.4. The summed E-state index contributed by atoms with van der Waals surface area (Å²) in [4.78, 5) is 17.6. The first-order valence-electron chi connectivity index (χ1n) is 11.2. The number of carbonyl (C=O) groups excluding carboxylic acids is 1. The Bertz CT molecular complexity index is 890. The van der Waals surface area contributed by atoms with E-state index in [-0.39, 0.29) is 11.7 Å². The normalized spacial score (nSPS) is 26.8. The molecule has 3 saturated heterocycles. The molecule has 1 aromatic rings. The van der Waals surface area contributed by atoms with Crippen molar-refractivity contribution >= 4 is 33.2 Å². The molecule has 0 bridgehead atoms. The van der Waals surface area contributed by atoms with E-state index in [4.69, 9.17) is 11.6 Å². The fourth-order valence-electron chi connectivity index (χ4n) is 5.34. The number of rotatable bonds is 4. The number of piperidine rings is 2. The van der Waals surface area contributed by atoms with Crippen LogP contribution >= 0.6 is 11.6 Å². The first-order valence-corrected chi connectivity index (χ1v) is 13.1. The molecule has 3 aliphatic heterocycles. The summed E-state index contributed by atoms with van der Waals surface area (Å²) in [7, 11) is -1.52. The molecule has 3 aliphatic rings. The summed E-state index contributed by atoms with van der Waals surface area (Å²) >= 11 is 6.34. The van der Waals surface area contributed by atoms with E-state index in [1.165, 1.54) is 43.1 Å². The summed E-state index contributed by atoms with van der Waals surface area (Å²) in [6, 6.07) is 5.58. The van der Waals surface area contributed by atoms with Crippen LogP contribution in [0.2, 0.25) is 5.02 Å². The standard InChI is InChI=1S/C22H32ClN3O3S/c1-24(16-18-7-6-12-25-11-3-2-8-20(18)25)22(27)17-9-10-19(23)21(15-17)26-13-4-5-14-30(26,28)29/h9-10,15,18,20H,2-8,11-14,16H2,1H3/t18-,20+/m1/s1. The van der Waals surface area contributed by atoms with Gasteiger partial charge in [0.1, 0.15) is 0 Å². The van der Waals surface area contributed by atoms with Gasteiger partial charge in [-0.2, -0.15) is 0 Å². The number of anilines is 1. The van der Waals surface area contributed by atoms with Gasteiger partial charge in [0, 0.05) is 31.7 Å². The molecule has 0 radical (unpaired) electrons. The van der Waals surface area contributed by atoms with Gasteiger partial charge in [-0.25, -0.2) is 8.42 Å². The van der Waals surface area contributed by atoms with Crippen LogP contribution in [0.1, 0.15) is 55.3 Å². The number of benzene rings is 1. The van der Waals surface area contributed by atoms with E-state index in [1.54, 1.807) is 23.1 Å². The van der Waals surface area contributed by atoms with Gasteiger partial charge >= 0.3 is 0 Å². The Morgan fingerprint density at radius 2 is 1.87 bits per heavy atom. The molecule has 2 atom stereocenters. The third-order valence-electron chi connectivity index (χ3n) is 6.89. The Labute approximate surface area is 185 Å². The summed E-state index contributed by atoms with van der Waals surface area (Å²) in [6.45, 7) is 3.52. The average Bonchev–Trinajstić information content (AvgIpc) is 2.74. The molecule has 0 spiro atoms. The summed E-state index contributed by atoms with van der Waals surface area (Å²) in [6.07, 6.45) is 7.61. The molecule has 0 unspecified atom stereocenters. The number of hydrogen-bond acceptors (Lipinski definition) is 4. The minimum atomic E-state index is -3.38. The molecule has 6 nitrogen and oxygen atoms in total. The fourth-order valence-corrected chi connectivity index (χ4v) is 7.26. The Balaban J connectivity index is 1.50. The van der Waals surface area contributed by atoms with Crippen LogP contribution in [0.5, 0.6) is 0 Å². The van der Waals surface area contributed by atoms with E-state index >= 15 is 0 Å². The van der Waals surface area contributed by atoms with Gasteiger partial charge in [-0.05, 0) is 75.7 Å². The van der Waals surface area contributed by atoms with E-state index in [2.05, 4.69) is 4.90 Å². The summed E-state index contributed by atoms with van der Waals surface area (Å²) in [5.74, 6) is 0.554. The minimum absolute atomic E-state index is 0.0738. The number of carbonyl (C=O) groups is 1. The number of sulfonamides is 1. The average molecular weight is 454 g/mol. The van der Waals surface area contributed by atoms with Gasteiger partial charge in [0.05, 0.1) is 16.5 Å². The quantitative estimate of drug-likeness (QED) is 0.698. The van der Waals surface area contributed by atoms with Crippen LogP contribution in [0.25, 0.3) is 0 Å². The molecule has 30 heavy (non-hydrogen) atoms. The van der Waals surface area contributed by atoms with Crippen molar-refractivity contribution in [3.63, 3.8) is 0 Å². The van der Waals surface area contributed by atoms with E-state index in [0.717, 1.165) is 19.4 Å². The number of halogens is 1. The number of nitrogens with zero attached hydrogens (tertiary/aromatic N) is 3. The summed E-state index contributed by atoms with van der Waals surface area (Å²) in [5, 5.41) is 0.366. The zero-order valence-electron chi connectivity index (χ0n) is 17.7. The highest BCUT2D eigenvalue weighted by molar-refractivity contribution is 7.92. The lowest BCUT2D eigenvalue weighted by atomic mass is 9.83. The highest BCUT2D eigenvalue weighted by Gasteiger charge is 2.34. The Kier molecular flexibility index (Phi) is 6.61. The van der Waals surface area contributed by atoms with Crippen LogP contribution in [0.15, 0.2) is 18.2 Å². The van der Waals surface area contributed by atoms with Crippen LogP contribution in [0.4, 0.5) is 5.69 Å². The monoisotopic (exact) mass is 453 g/mol. The van der Waals surface area contributed by atoms with E-state index in [1.807, 2.05) is 7.05 Å². The lowest BCUT2D eigenvalue weighted by Crippen LogP contribution is -2.51. The predicted molar refractivity (Wildman–Crippen MR) is 121 cm³/mol. The molecule has 3 heterocycles. The van der Waals surface area contributed by atoms with Crippen LogP contribution < -0.4 is 4.31 Å². The van der Waals surface area contributed by atoms with Crippen molar-refractivity contribution < 1.29 is 13.2 Å². The first kappa shape index (κ1) is 21.9. The highest BCUT2D eigenvalue weighted by atomic mass is 35.5. The van der Waals surface area contributed by atoms with Gasteiger partial charge in [-0.3, -0.25) is 9.10 Å². The largest absolute Gasteiger partial charge is 0.341 e. The maximum atomic E-state index is 13.2. The molecule has 3 fully saturated rings. The zero-order chi connectivity index (χ0) is 21.3. The van der Waals surface area contributed by atoms with Gasteiger partial charge in [-0.1, -0.05) is 18.0 Å². The molecule has 4 rings (SSSR count). The second kappa shape index (κ2) is 9.05. The third kappa shape index (κ3) is 4.48. The molecule has 0 aromatic heterocycles. The maximum Gasteiger partial charge on any atom is 0.253 e. The topological polar surface area (TPSA) is 60.9 Å². The maximum absolute atomic E-state index is 13.2. The van der Waals surface area contributed by atoms with Crippen molar-refractivity contribution in [2.75, 3.05) is 43.3 Å². The van der Waals surface area contributed by atoms with Gasteiger partial charge in [-0.15, -0.1) is 0 Å². The smallest absolute Gasteiger partial charge is 0.253 e. The van der Waals surface area contributed by atoms with E-state index in [0.29, 0.717) is 41.2 Å².